The number of benzene rings is 1. The summed E-state index contributed by atoms with van der Waals surface area (Å²) in [6, 6.07) is 7.55. The Morgan fingerprint density at radius 2 is 2.09 bits per heavy atom. The number of ether oxygens (including phenoxy) is 1. The van der Waals surface area contributed by atoms with Crippen molar-refractivity contribution in [1.82, 2.24) is 0 Å². The molecule has 0 amide bonds. The standard InChI is InChI=1S/C17H25NO4/c1-12-6-4-7-14(10-12)17(3,16(20)21)9-5-8-15(11-18)22-13(2)19/h4,6-7,10,15H,5,8-9,11,18H2,1-3H3,(H,20,21). The maximum Gasteiger partial charge on any atom is 0.313 e. The Bertz CT molecular complexity index is 529. The van der Waals surface area contributed by atoms with E-state index in [0.717, 1.165) is 11.1 Å². The summed E-state index contributed by atoms with van der Waals surface area (Å²) in [5, 5.41) is 9.63. The van der Waals surface area contributed by atoms with Gasteiger partial charge in [-0.25, -0.2) is 0 Å². The quantitative estimate of drug-likeness (QED) is 0.720. The van der Waals surface area contributed by atoms with Gasteiger partial charge in [-0.15, -0.1) is 0 Å². The Hall–Kier alpha value is -1.88. The molecule has 0 saturated carbocycles. The molecule has 0 heterocycles. The maximum absolute atomic E-state index is 11.7. The molecule has 0 fully saturated rings. The Labute approximate surface area is 131 Å². The third kappa shape index (κ3) is 4.84. The maximum atomic E-state index is 11.7. The highest BCUT2D eigenvalue weighted by molar-refractivity contribution is 5.80. The number of carbonyl (C=O) groups excluding carboxylic acids is 1. The van der Waals surface area contributed by atoms with Crippen LogP contribution in [0.25, 0.3) is 0 Å². The number of hydrogen-bond acceptors (Lipinski definition) is 4. The lowest BCUT2D eigenvalue weighted by molar-refractivity contribution is -0.147. The summed E-state index contributed by atoms with van der Waals surface area (Å²) in [7, 11) is 0. The molecule has 0 saturated heterocycles. The van der Waals surface area contributed by atoms with Crippen molar-refractivity contribution in [1.29, 1.82) is 0 Å². The molecular weight excluding hydrogens is 282 g/mol. The first-order chi connectivity index (χ1) is 10.3. The minimum atomic E-state index is -0.957. The molecule has 2 atom stereocenters. The SMILES string of the molecule is CC(=O)OC(CN)CCCC(C)(C(=O)O)c1cccc(C)c1. The monoisotopic (exact) mass is 307 g/mol. The molecule has 122 valence electrons. The van der Waals surface area contributed by atoms with E-state index in [2.05, 4.69) is 0 Å². The van der Waals surface area contributed by atoms with E-state index in [0.29, 0.717) is 19.3 Å². The van der Waals surface area contributed by atoms with Gasteiger partial charge in [-0.05, 0) is 38.7 Å². The van der Waals surface area contributed by atoms with E-state index in [4.69, 9.17) is 10.5 Å². The third-order valence-corrected chi connectivity index (χ3v) is 3.93. The second-order valence-corrected chi connectivity index (χ2v) is 5.87. The van der Waals surface area contributed by atoms with Crippen molar-refractivity contribution in [3.63, 3.8) is 0 Å². The molecule has 0 aliphatic carbocycles. The van der Waals surface area contributed by atoms with Gasteiger partial charge in [0.05, 0.1) is 5.41 Å². The average molecular weight is 307 g/mol. The fraction of sp³-hybridized carbons (Fsp3) is 0.529. The Morgan fingerprint density at radius 1 is 1.41 bits per heavy atom. The van der Waals surface area contributed by atoms with Gasteiger partial charge in [-0.2, -0.15) is 0 Å². The van der Waals surface area contributed by atoms with Crippen LogP contribution >= 0.6 is 0 Å². The largest absolute Gasteiger partial charge is 0.481 e. The highest BCUT2D eigenvalue weighted by Crippen LogP contribution is 2.31. The summed E-state index contributed by atoms with van der Waals surface area (Å²) < 4.78 is 5.09. The number of esters is 1. The van der Waals surface area contributed by atoms with Gasteiger partial charge in [0.25, 0.3) is 0 Å². The normalized spacial score (nSPS) is 14.9. The van der Waals surface area contributed by atoms with Crippen LogP contribution in [0, 0.1) is 6.92 Å². The molecule has 2 unspecified atom stereocenters. The van der Waals surface area contributed by atoms with Gasteiger partial charge in [0.1, 0.15) is 6.10 Å². The summed E-state index contributed by atoms with van der Waals surface area (Å²) in [5.74, 6) is -1.22. The van der Waals surface area contributed by atoms with Crippen molar-refractivity contribution in [3.8, 4) is 0 Å². The van der Waals surface area contributed by atoms with Crippen molar-refractivity contribution in [2.24, 2.45) is 5.73 Å². The Kier molecular flexibility index (Phi) is 6.56. The van der Waals surface area contributed by atoms with Crippen LogP contribution in [0.3, 0.4) is 0 Å². The van der Waals surface area contributed by atoms with E-state index < -0.39 is 11.4 Å². The second kappa shape index (κ2) is 7.94. The highest BCUT2D eigenvalue weighted by Gasteiger charge is 2.34. The molecule has 5 heteroatoms. The minimum absolute atomic E-state index is 0.244. The topological polar surface area (TPSA) is 89.6 Å². The second-order valence-electron chi connectivity index (χ2n) is 5.87. The van der Waals surface area contributed by atoms with E-state index in [1.807, 2.05) is 31.2 Å². The lowest BCUT2D eigenvalue weighted by atomic mass is 9.77. The van der Waals surface area contributed by atoms with Crippen molar-refractivity contribution < 1.29 is 19.4 Å². The number of aliphatic carboxylic acids is 1. The summed E-state index contributed by atoms with van der Waals surface area (Å²) >= 11 is 0. The zero-order valence-corrected chi connectivity index (χ0v) is 13.5. The molecule has 5 nitrogen and oxygen atoms in total. The minimum Gasteiger partial charge on any atom is -0.481 e. The first-order valence-electron chi connectivity index (χ1n) is 7.47. The van der Waals surface area contributed by atoms with Crippen LogP contribution in [-0.4, -0.2) is 29.7 Å². The molecule has 0 aliphatic heterocycles. The van der Waals surface area contributed by atoms with Crippen molar-refractivity contribution in [2.45, 2.75) is 51.6 Å². The van der Waals surface area contributed by atoms with Gasteiger partial charge in [0.15, 0.2) is 0 Å². The first-order valence-corrected chi connectivity index (χ1v) is 7.47. The lowest BCUT2D eigenvalue weighted by Gasteiger charge is -2.26. The number of aryl methyl sites for hydroxylation is 1. The first kappa shape index (κ1) is 18.2. The highest BCUT2D eigenvalue weighted by atomic mass is 16.5. The van der Waals surface area contributed by atoms with E-state index in [1.54, 1.807) is 6.92 Å². The molecule has 0 spiro atoms. The molecular formula is C17H25NO4. The number of hydrogen-bond donors (Lipinski definition) is 2. The number of carboxylic acid groups (broad SMARTS) is 1. The van der Waals surface area contributed by atoms with Gasteiger partial charge >= 0.3 is 11.9 Å². The average Bonchev–Trinajstić information content (AvgIpc) is 2.45. The van der Waals surface area contributed by atoms with E-state index in [1.165, 1.54) is 6.92 Å². The summed E-state index contributed by atoms with van der Waals surface area (Å²) in [4.78, 5) is 22.7. The fourth-order valence-corrected chi connectivity index (χ4v) is 2.51. The van der Waals surface area contributed by atoms with E-state index >= 15 is 0 Å². The van der Waals surface area contributed by atoms with E-state index in [-0.39, 0.29) is 18.6 Å². The molecule has 1 aromatic rings. The fourth-order valence-electron chi connectivity index (χ4n) is 2.51. The van der Waals surface area contributed by atoms with Crippen molar-refractivity contribution in [3.05, 3.63) is 35.4 Å². The van der Waals surface area contributed by atoms with Crippen LogP contribution in [0.1, 0.15) is 44.2 Å². The lowest BCUT2D eigenvalue weighted by Crippen LogP contribution is -2.33. The van der Waals surface area contributed by atoms with Crippen molar-refractivity contribution >= 4 is 11.9 Å². The molecule has 0 aromatic heterocycles. The summed E-state index contributed by atoms with van der Waals surface area (Å²) in [6.07, 6.45) is 1.29. The molecule has 22 heavy (non-hydrogen) atoms. The van der Waals surface area contributed by atoms with Crippen LogP contribution in [0.5, 0.6) is 0 Å². The van der Waals surface area contributed by atoms with Crippen LogP contribution in [-0.2, 0) is 19.7 Å². The van der Waals surface area contributed by atoms with Crippen LogP contribution < -0.4 is 5.73 Å². The molecule has 0 radical (unpaired) electrons. The summed E-state index contributed by atoms with van der Waals surface area (Å²) in [6.45, 7) is 5.26. The molecule has 0 aliphatic rings. The van der Waals surface area contributed by atoms with Crippen molar-refractivity contribution in [2.75, 3.05) is 6.54 Å². The number of rotatable bonds is 8. The van der Waals surface area contributed by atoms with Gasteiger partial charge in [0.2, 0.25) is 0 Å². The number of carbonyl (C=O) groups is 2. The molecule has 1 rings (SSSR count). The molecule has 0 bridgehead atoms. The van der Waals surface area contributed by atoms with Gasteiger partial charge in [-0.1, -0.05) is 29.8 Å². The predicted molar refractivity (Wildman–Crippen MR) is 84.6 cm³/mol. The van der Waals surface area contributed by atoms with E-state index in [9.17, 15) is 14.7 Å². The number of nitrogens with two attached hydrogens (primary N) is 1. The zero-order chi connectivity index (χ0) is 16.8. The van der Waals surface area contributed by atoms with Crippen LogP contribution in [0.15, 0.2) is 24.3 Å². The molecule has 3 N–H and O–H groups in total. The molecule has 1 aromatic carbocycles. The van der Waals surface area contributed by atoms with Gasteiger partial charge in [-0.3, -0.25) is 9.59 Å². The third-order valence-electron chi connectivity index (χ3n) is 3.93. The Morgan fingerprint density at radius 3 is 2.59 bits per heavy atom. The van der Waals surface area contributed by atoms with Gasteiger partial charge < -0.3 is 15.6 Å². The summed E-state index contributed by atoms with van der Waals surface area (Å²) in [5.41, 5.74) is 6.43. The smallest absolute Gasteiger partial charge is 0.313 e. The van der Waals surface area contributed by atoms with Gasteiger partial charge in [0, 0.05) is 13.5 Å². The van der Waals surface area contributed by atoms with Crippen LogP contribution in [0.2, 0.25) is 0 Å². The zero-order valence-electron chi connectivity index (χ0n) is 13.5. The van der Waals surface area contributed by atoms with Crippen LogP contribution in [0.4, 0.5) is 0 Å². The predicted octanol–water partition coefficient (Wildman–Crippen LogP) is 2.40. The number of carboxylic acids is 1. The Balaban J connectivity index is 2.76.